The van der Waals surface area contributed by atoms with Crippen molar-refractivity contribution in [3.8, 4) is 0 Å². The topological polar surface area (TPSA) is 83.6 Å². The summed E-state index contributed by atoms with van der Waals surface area (Å²) in [5.41, 5.74) is 5.71. The number of primary amides is 1. The van der Waals surface area contributed by atoms with E-state index < -0.39 is 17.7 Å². The highest BCUT2D eigenvalue weighted by molar-refractivity contribution is 5.92. The first kappa shape index (κ1) is 14.5. The number of benzene rings is 1. The molecule has 0 saturated carbocycles. The number of halogens is 1. The molecule has 108 valence electrons. The van der Waals surface area contributed by atoms with Gasteiger partial charge >= 0.3 is 5.97 Å². The van der Waals surface area contributed by atoms with Crippen LogP contribution < -0.4 is 5.73 Å². The van der Waals surface area contributed by atoms with Gasteiger partial charge in [0.05, 0.1) is 5.92 Å². The molecule has 0 bridgehead atoms. The number of nitrogens with zero attached hydrogens (tertiary/aromatic N) is 1. The van der Waals surface area contributed by atoms with Crippen LogP contribution in [0.4, 0.5) is 4.39 Å². The summed E-state index contributed by atoms with van der Waals surface area (Å²) in [6.07, 6.45) is 0. The number of amides is 1. The summed E-state index contributed by atoms with van der Waals surface area (Å²) in [6, 6.07) is 4.18. The van der Waals surface area contributed by atoms with Gasteiger partial charge in [-0.15, -0.1) is 0 Å². The molecule has 2 rings (SSSR count). The van der Waals surface area contributed by atoms with Crippen LogP contribution in [0, 0.1) is 17.7 Å². The van der Waals surface area contributed by atoms with Crippen molar-refractivity contribution in [2.75, 3.05) is 13.1 Å². The number of hydrogen-bond acceptors (Lipinski definition) is 3. The monoisotopic (exact) mass is 280 g/mol. The van der Waals surface area contributed by atoms with Crippen LogP contribution in [0.25, 0.3) is 0 Å². The van der Waals surface area contributed by atoms with Gasteiger partial charge in [-0.3, -0.25) is 14.5 Å². The van der Waals surface area contributed by atoms with Gasteiger partial charge in [-0.2, -0.15) is 0 Å². The Balaban J connectivity index is 1.93. The predicted octanol–water partition coefficient (Wildman–Crippen LogP) is 1.08. The van der Waals surface area contributed by atoms with Crippen molar-refractivity contribution in [3.63, 3.8) is 0 Å². The first-order valence-electron chi connectivity index (χ1n) is 6.42. The summed E-state index contributed by atoms with van der Waals surface area (Å²) in [4.78, 5) is 23.7. The fourth-order valence-electron chi connectivity index (χ4n) is 2.33. The molecule has 0 aliphatic carbocycles. The molecular formula is C14H17FN2O3. The molecule has 1 aliphatic heterocycles. The van der Waals surface area contributed by atoms with E-state index in [4.69, 9.17) is 10.8 Å². The second-order valence-corrected chi connectivity index (χ2v) is 5.25. The van der Waals surface area contributed by atoms with Crippen LogP contribution in [0.15, 0.2) is 18.2 Å². The first-order valence-corrected chi connectivity index (χ1v) is 6.42. The number of carbonyl (C=O) groups is 2. The summed E-state index contributed by atoms with van der Waals surface area (Å²) in [5.74, 6) is -2.19. The Hall–Kier alpha value is -1.95. The number of rotatable bonds is 5. The highest BCUT2D eigenvalue weighted by Gasteiger charge is 2.34. The second kappa shape index (κ2) is 5.58. The molecule has 1 aromatic carbocycles. The number of nitrogens with two attached hydrogens (primary N) is 1. The average Bonchev–Trinajstić information content (AvgIpc) is 2.33. The number of likely N-dealkylation sites (tertiary alicyclic amines) is 1. The maximum absolute atomic E-state index is 13.8. The molecule has 1 heterocycles. The van der Waals surface area contributed by atoms with E-state index >= 15 is 0 Å². The van der Waals surface area contributed by atoms with E-state index in [9.17, 15) is 14.0 Å². The van der Waals surface area contributed by atoms with E-state index in [0.29, 0.717) is 25.2 Å². The lowest BCUT2D eigenvalue weighted by molar-refractivity contribution is -0.145. The van der Waals surface area contributed by atoms with Gasteiger partial charge in [0, 0.05) is 30.8 Å². The van der Waals surface area contributed by atoms with Gasteiger partial charge in [-0.25, -0.2) is 4.39 Å². The lowest BCUT2D eigenvalue weighted by Crippen LogP contribution is -2.50. The molecule has 1 aliphatic rings. The molecule has 5 nitrogen and oxygen atoms in total. The molecule has 1 unspecified atom stereocenters. The van der Waals surface area contributed by atoms with Gasteiger partial charge in [-0.05, 0) is 18.1 Å². The Labute approximate surface area is 116 Å². The zero-order valence-corrected chi connectivity index (χ0v) is 11.2. The van der Waals surface area contributed by atoms with Crippen LogP contribution in [0.3, 0.4) is 0 Å². The second-order valence-electron chi connectivity index (χ2n) is 5.25. The van der Waals surface area contributed by atoms with Gasteiger partial charge in [0.25, 0.3) is 0 Å². The normalized spacial score (nSPS) is 17.5. The number of carbonyl (C=O) groups excluding carboxylic acids is 1. The van der Waals surface area contributed by atoms with Gasteiger partial charge in [-0.1, -0.05) is 13.0 Å². The lowest BCUT2D eigenvalue weighted by atomic mass is 9.87. The number of aliphatic carboxylic acids is 1. The van der Waals surface area contributed by atoms with Crippen molar-refractivity contribution < 1.29 is 19.1 Å². The summed E-state index contributed by atoms with van der Waals surface area (Å²) in [5, 5.41) is 8.90. The first-order chi connectivity index (χ1) is 9.38. The number of carboxylic acid groups (broad SMARTS) is 1. The summed E-state index contributed by atoms with van der Waals surface area (Å²) in [6.45, 7) is 3.38. The summed E-state index contributed by atoms with van der Waals surface area (Å²) >= 11 is 0. The third-order valence-corrected chi connectivity index (χ3v) is 3.81. The van der Waals surface area contributed by atoms with Crippen LogP contribution in [0.5, 0.6) is 0 Å². The Morgan fingerprint density at radius 2 is 2.15 bits per heavy atom. The Morgan fingerprint density at radius 3 is 2.65 bits per heavy atom. The third kappa shape index (κ3) is 2.96. The molecule has 0 radical (unpaired) electrons. The molecule has 20 heavy (non-hydrogen) atoms. The fourth-order valence-corrected chi connectivity index (χ4v) is 2.33. The highest BCUT2D eigenvalue weighted by atomic mass is 19.1. The molecule has 1 aromatic rings. The van der Waals surface area contributed by atoms with Crippen molar-refractivity contribution in [3.05, 3.63) is 35.1 Å². The minimum atomic E-state index is -0.799. The highest BCUT2D eigenvalue weighted by Crippen LogP contribution is 2.26. The quantitative estimate of drug-likeness (QED) is 0.845. The molecule has 0 spiro atoms. The molecular weight excluding hydrogens is 263 g/mol. The molecule has 0 aromatic heterocycles. The van der Waals surface area contributed by atoms with E-state index in [1.807, 2.05) is 4.90 Å². The van der Waals surface area contributed by atoms with E-state index in [2.05, 4.69) is 0 Å². The molecule has 6 heteroatoms. The maximum Gasteiger partial charge on any atom is 0.306 e. The minimum absolute atomic E-state index is 0.112. The minimum Gasteiger partial charge on any atom is -0.481 e. The van der Waals surface area contributed by atoms with Crippen molar-refractivity contribution >= 4 is 11.9 Å². The van der Waals surface area contributed by atoms with E-state index in [0.717, 1.165) is 6.07 Å². The van der Waals surface area contributed by atoms with Crippen molar-refractivity contribution in [1.82, 2.24) is 4.90 Å². The number of carboxylic acids is 1. The smallest absolute Gasteiger partial charge is 0.306 e. The third-order valence-electron chi connectivity index (χ3n) is 3.81. The lowest BCUT2D eigenvalue weighted by Gasteiger charge is -2.41. The van der Waals surface area contributed by atoms with E-state index in [-0.39, 0.29) is 17.4 Å². The van der Waals surface area contributed by atoms with Gasteiger partial charge in [0.2, 0.25) is 5.91 Å². The largest absolute Gasteiger partial charge is 0.481 e. The molecule has 1 saturated heterocycles. The molecule has 1 atom stereocenters. The van der Waals surface area contributed by atoms with Crippen molar-refractivity contribution in [2.24, 2.45) is 17.6 Å². The van der Waals surface area contributed by atoms with Gasteiger partial charge in [0.15, 0.2) is 0 Å². The molecule has 3 N–H and O–H groups in total. The summed E-state index contributed by atoms with van der Waals surface area (Å²) < 4.78 is 13.8. The zero-order chi connectivity index (χ0) is 14.9. The van der Waals surface area contributed by atoms with Crippen molar-refractivity contribution in [2.45, 2.75) is 13.5 Å². The predicted molar refractivity (Wildman–Crippen MR) is 70.5 cm³/mol. The van der Waals surface area contributed by atoms with Crippen LogP contribution in [-0.4, -0.2) is 35.0 Å². The molecule has 1 fully saturated rings. The SMILES string of the molecule is CC(C(=O)O)C1CN(Cc2ccc(C(N)=O)cc2F)C1. The van der Waals surface area contributed by atoms with Gasteiger partial charge < -0.3 is 10.8 Å². The zero-order valence-electron chi connectivity index (χ0n) is 11.2. The maximum atomic E-state index is 13.8. The van der Waals surface area contributed by atoms with Crippen LogP contribution in [-0.2, 0) is 11.3 Å². The fraction of sp³-hybridized carbons (Fsp3) is 0.429. The van der Waals surface area contributed by atoms with E-state index in [1.54, 1.807) is 13.0 Å². The Morgan fingerprint density at radius 1 is 1.50 bits per heavy atom. The van der Waals surface area contributed by atoms with Crippen LogP contribution in [0.2, 0.25) is 0 Å². The molecule has 1 amide bonds. The number of hydrogen-bond donors (Lipinski definition) is 2. The Bertz CT molecular complexity index is 541. The Kier molecular flexibility index (Phi) is 4.04. The van der Waals surface area contributed by atoms with Crippen LogP contribution in [0.1, 0.15) is 22.8 Å². The van der Waals surface area contributed by atoms with Gasteiger partial charge in [0.1, 0.15) is 5.82 Å². The van der Waals surface area contributed by atoms with Crippen LogP contribution >= 0.6 is 0 Å². The van der Waals surface area contributed by atoms with Crippen molar-refractivity contribution in [1.29, 1.82) is 0 Å². The summed E-state index contributed by atoms with van der Waals surface area (Å²) in [7, 11) is 0. The standard InChI is InChI=1S/C14H17FN2O3/c1-8(14(19)20)11-6-17(7-11)5-10-3-2-9(13(16)18)4-12(10)15/h2-4,8,11H,5-7H2,1H3,(H2,16,18)(H,19,20). The average molecular weight is 280 g/mol. The van der Waals surface area contributed by atoms with E-state index in [1.165, 1.54) is 6.07 Å².